The first-order valence-electron chi connectivity index (χ1n) is 10.7. The summed E-state index contributed by atoms with van der Waals surface area (Å²) >= 11 is 0. The quantitative estimate of drug-likeness (QED) is 0.461. The van der Waals surface area contributed by atoms with E-state index in [0.29, 0.717) is 25.4 Å². The molecule has 1 saturated heterocycles. The number of ether oxygens (including phenoxy) is 1. The first-order valence-corrected chi connectivity index (χ1v) is 12.3. The number of benzene rings is 2. The average Bonchev–Trinajstić information content (AvgIpc) is 2.77. The summed E-state index contributed by atoms with van der Waals surface area (Å²) in [5.74, 6) is -0.374. The summed E-state index contributed by atoms with van der Waals surface area (Å²) in [4.78, 5) is 24.1. The number of anilines is 2. The van der Waals surface area contributed by atoms with Gasteiger partial charge in [-0.15, -0.1) is 0 Å². The number of carbonyl (C=O) groups excluding carboxylic acids is 2. The summed E-state index contributed by atoms with van der Waals surface area (Å²) in [6.07, 6.45) is 1.57. The van der Waals surface area contributed by atoms with Crippen molar-refractivity contribution in [2.45, 2.75) is 43.0 Å². The molecule has 0 aliphatic carbocycles. The van der Waals surface area contributed by atoms with Gasteiger partial charge in [-0.1, -0.05) is 12.1 Å². The summed E-state index contributed by atoms with van der Waals surface area (Å²) in [5, 5.41) is 14.0. The second kappa shape index (κ2) is 10.4. The van der Waals surface area contributed by atoms with Gasteiger partial charge < -0.3 is 20.7 Å². The monoisotopic (exact) mass is 474 g/mol. The molecule has 1 aliphatic heterocycles. The summed E-state index contributed by atoms with van der Waals surface area (Å²) in [6, 6.07) is 13.0. The molecule has 2 aromatic rings. The highest BCUT2D eigenvalue weighted by Crippen LogP contribution is 2.35. The van der Waals surface area contributed by atoms with Crippen molar-refractivity contribution in [2.24, 2.45) is 5.14 Å². The van der Waals surface area contributed by atoms with Crippen LogP contribution in [0.4, 0.5) is 11.4 Å². The van der Waals surface area contributed by atoms with Crippen molar-refractivity contribution in [3.8, 4) is 0 Å². The maximum absolute atomic E-state index is 12.7. The molecule has 5 N–H and O–H groups in total. The van der Waals surface area contributed by atoms with E-state index in [1.807, 2.05) is 24.3 Å². The zero-order valence-electron chi connectivity index (χ0n) is 18.8. The maximum Gasteiger partial charge on any atom is 0.241 e. The van der Waals surface area contributed by atoms with E-state index in [-0.39, 0.29) is 22.1 Å². The van der Waals surface area contributed by atoms with Gasteiger partial charge >= 0.3 is 0 Å². The third-order valence-electron chi connectivity index (χ3n) is 5.84. The van der Waals surface area contributed by atoms with Crippen LogP contribution in [-0.4, -0.2) is 46.0 Å². The zero-order chi connectivity index (χ0) is 24.1. The Kier molecular flexibility index (Phi) is 7.85. The Labute approximate surface area is 194 Å². The molecule has 0 bridgehead atoms. The standard InChI is InChI=1S/C23H30N4O5S/c1-16(22(29)27-19-6-8-21(9-7-19)33(24,30)31)25-15-23(10-12-32-13-11-23)18-4-3-5-20(14-18)26-17(2)28/h3-9,14,16,25H,10-13,15H2,1-2H3,(H,26,28)(H,27,29)(H2,24,30,31). The minimum Gasteiger partial charge on any atom is -0.381 e. The molecule has 1 heterocycles. The lowest BCUT2D eigenvalue weighted by molar-refractivity contribution is -0.118. The van der Waals surface area contributed by atoms with Gasteiger partial charge in [0.05, 0.1) is 10.9 Å². The minimum absolute atomic E-state index is 0.0189. The van der Waals surface area contributed by atoms with Gasteiger partial charge in [-0.05, 0) is 61.7 Å². The number of primary sulfonamides is 1. The Morgan fingerprint density at radius 1 is 1.06 bits per heavy atom. The topological polar surface area (TPSA) is 140 Å². The largest absolute Gasteiger partial charge is 0.381 e. The maximum atomic E-state index is 12.7. The van der Waals surface area contributed by atoms with Gasteiger partial charge in [0.15, 0.2) is 0 Å². The normalized spacial score (nSPS) is 16.6. The van der Waals surface area contributed by atoms with E-state index in [4.69, 9.17) is 9.88 Å². The van der Waals surface area contributed by atoms with Crippen LogP contribution in [0.5, 0.6) is 0 Å². The zero-order valence-corrected chi connectivity index (χ0v) is 19.6. The molecule has 1 unspecified atom stereocenters. The molecule has 0 aromatic heterocycles. The number of carbonyl (C=O) groups is 2. The molecular weight excluding hydrogens is 444 g/mol. The van der Waals surface area contributed by atoms with Gasteiger partial charge in [-0.3, -0.25) is 9.59 Å². The molecule has 33 heavy (non-hydrogen) atoms. The summed E-state index contributed by atoms with van der Waals surface area (Å²) in [7, 11) is -3.79. The second-order valence-electron chi connectivity index (χ2n) is 8.32. The first-order chi connectivity index (χ1) is 15.6. The average molecular weight is 475 g/mol. The van der Waals surface area contributed by atoms with E-state index >= 15 is 0 Å². The fourth-order valence-corrected chi connectivity index (χ4v) is 4.39. The number of amides is 2. The highest BCUT2D eigenvalue weighted by atomic mass is 32.2. The number of hydrogen-bond acceptors (Lipinski definition) is 6. The molecule has 178 valence electrons. The molecule has 0 saturated carbocycles. The third-order valence-corrected chi connectivity index (χ3v) is 6.76. The van der Waals surface area contributed by atoms with Gasteiger partial charge in [-0.25, -0.2) is 13.6 Å². The Bertz CT molecular complexity index is 1100. The van der Waals surface area contributed by atoms with Crippen LogP contribution in [0.2, 0.25) is 0 Å². The summed E-state index contributed by atoms with van der Waals surface area (Å²) in [5.41, 5.74) is 2.05. The first kappa shape index (κ1) is 24.8. The highest BCUT2D eigenvalue weighted by Gasteiger charge is 2.35. The predicted molar refractivity (Wildman–Crippen MR) is 126 cm³/mol. The van der Waals surface area contributed by atoms with Crippen molar-refractivity contribution in [3.63, 3.8) is 0 Å². The van der Waals surface area contributed by atoms with Crippen LogP contribution in [-0.2, 0) is 29.8 Å². The Morgan fingerprint density at radius 2 is 1.73 bits per heavy atom. The number of nitrogens with one attached hydrogen (secondary N) is 3. The fraction of sp³-hybridized carbons (Fsp3) is 0.391. The molecule has 1 fully saturated rings. The van der Waals surface area contributed by atoms with E-state index in [1.165, 1.54) is 31.2 Å². The molecule has 9 nitrogen and oxygen atoms in total. The molecule has 0 radical (unpaired) electrons. The van der Waals surface area contributed by atoms with Crippen molar-refractivity contribution in [1.82, 2.24) is 5.32 Å². The van der Waals surface area contributed by atoms with Gasteiger partial charge in [0, 0.05) is 43.5 Å². The van der Waals surface area contributed by atoms with Crippen LogP contribution in [0.3, 0.4) is 0 Å². The van der Waals surface area contributed by atoms with Gasteiger partial charge in [-0.2, -0.15) is 0 Å². The number of rotatable bonds is 8. The van der Waals surface area contributed by atoms with Gasteiger partial charge in [0.1, 0.15) is 0 Å². The van der Waals surface area contributed by atoms with Crippen molar-refractivity contribution in [3.05, 3.63) is 54.1 Å². The van der Waals surface area contributed by atoms with E-state index < -0.39 is 16.1 Å². The second-order valence-corrected chi connectivity index (χ2v) is 9.88. The number of sulfonamides is 1. The van der Waals surface area contributed by atoms with Gasteiger partial charge in [0.25, 0.3) is 0 Å². The number of hydrogen-bond donors (Lipinski definition) is 4. The van der Waals surface area contributed by atoms with E-state index in [0.717, 1.165) is 24.1 Å². The Balaban J connectivity index is 1.68. The SMILES string of the molecule is CC(=O)Nc1cccc(C2(CNC(C)C(=O)Nc3ccc(S(N)(=O)=O)cc3)CCOCC2)c1. The molecule has 2 aromatic carbocycles. The lowest BCUT2D eigenvalue weighted by Gasteiger charge is -2.39. The lowest BCUT2D eigenvalue weighted by Crippen LogP contribution is -2.48. The van der Waals surface area contributed by atoms with Crippen LogP contribution in [0, 0.1) is 0 Å². The Hall–Kier alpha value is -2.79. The van der Waals surface area contributed by atoms with E-state index in [1.54, 1.807) is 6.92 Å². The van der Waals surface area contributed by atoms with Crippen molar-refractivity contribution >= 4 is 33.2 Å². The Morgan fingerprint density at radius 3 is 2.33 bits per heavy atom. The fourth-order valence-electron chi connectivity index (χ4n) is 3.88. The molecule has 3 rings (SSSR count). The van der Waals surface area contributed by atoms with Crippen molar-refractivity contribution < 1.29 is 22.7 Å². The molecule has 1 aliphatic rings. The van der Waals surface area contributed by atoms with Crippen LogP contribution >= 0.6 is 0 Å². The molecule has 2 amide bonds. The van der Waals surface area contributed by atoms with Crippen LogP contribution < -0.4 is 21.1 Å². The highest BCUT2D eigenvalue weighted by molar-refractivity contribution is 7.89. The van der Waals surface area contributed by atoms with Gasteiger partial charge in [0.2, 0.25) is 21.8 Å². The number of nitrogens with two attached hydrogens (primary N) is 1. The van der Waals surface area contributed by atoms with Crippen LogP contribution in [0.1, 0.15) is 32.3 Å². The molecule has 0 spiro atoms. The molecular formula is C23H30N4O5S. The predicted octanol–water partition coefficient (Wildman–Crippen LogP) is 1.96. The van der Waals surface area contributed by atoms with Crippen molar-refractivity contribution in [1.29, 1.82) is 0 Å². The van der Waals surface area contributed by atoms with Crippen molar-refractivity contribution in [2.75, 3.05) is 30.4 Å². The summed E-state index contributed by atoms with van der Waals surface area (Å²) < 4.78 is 28.3. The van der Waals surface area contributed by atoms with E-state index in [2.05, 4.69) is 16.0 Å². The van der Waals surface area contributed by atoms with Crippen LogP contribution in [0.15, 0.2) is 53.4 Å². The summed E-state index contributed by atoms with van der Waals surface area (Å²) in [6.45, 7) is 5.03. The lowest BCUT2D eigenvalue weighted by atomic mass is 9.74. The minimum atomic E-state index is -3.79. The van der Waals surface area contributed by atoms with E-state index in [9.17, 15) is 18.0 Å². The molecule has 1 atom stereocenters. The third kappa shape index (κ3) is 6.61. The van der Waals surface area contributed by atoms with Crippen LogP contribution in [0.25, 0.3) is 0 Å². The molecule has 10 heteroatoms. The smallest absolute Gasteiger partial charge is 0.241 e.